The molecule has 2 heterocycles. The molecule has 1 N–H and O–H groups in total. The van der Waals surface area contributed by atoms with Crippen LogP contribution < -0.4 is 5.32 Å². The SMILES string of the molecule is Cc1noc(C)c1CCC(=O)OCC(=O)Nc1c(C)nn(-c2ccccc2)c1C. The van der Waals surface area contributed by atoms with Crippen LogP contribution in [0.3, 0.4) is 0 Å². The van der Waals surface area contributed by atoms with E-state index in [9.17, 15) is 9.59 Å². The number of anilines is 1. The lowest BCUT2D eigenvalue weighted by atomic mass is 10.1. The molecule has 29 heavy (non-hydrogen) atoms. The van der Waals surface area contributed by atoms with Gasteiger partial charge in [0.1, 0.15) is 5.76 Å². The fraction of sp³-hybridized carbons (Fsp3) is 0.333. The Morgan fingerprint density at radius 3 is 2.48 bits per heavy atom. The topological polar surface area (TPSA) is 99.2 Å². The highest BCUT2D eigenvalue weighted by atomic mass is 16.5. The molecule has 0 aliphatic carbocycles. The fourth-order valence-electron chi connectivity index (χ4n) is 3.12. The van der Waals surface area contributed by atoms with Crippen molar-refractivity contribution >= 4 is 17.6 Å². The lowest BCUT2D eigenvalue weighted by molar-refractivity contribution is -0.147. The summed E-state index contributed by atoms with van der Waals surface area (Å²) in [6, 6.07) is 9.65. The van der Waals surface area contributed by atoms with Crippen molar-refractivity contribution < 1.29 is 18.8 Å². The van der Waals surface area contributed by atoms with Crippen molar-refractivity contribution in [3.8, 4) is 5.69 Å². The van der Waals surface area contributed by atoms with E-state index >= 15 is 0 Å². The molecule has 0 unspecified atom stereocenters. The maximum Gasteiger partial charge on any atom is 0.306 e. The molecule has 1 aromatic carbocycles. The molecule has 0 saturated carbocycles. The van der Waals surface area contributed by atoms with Gasteiger partial charge in [0.2, 0.25) is 0 Å². The molecule has 2 aromatic heterocycles. The quantitative estimate of drug-likeness (QED) is 0.616. The number of esters is 1. The van der Waals surface area contributed by atoms with E-state index in [1.54, 1.807) is 11.6 Å². The summed E-state index contributed by atoms with van der Waals surface area (Å²) in [7, 11) is 0. The van der Waals surface area contributed by atoms with Crippen LogP contribution in [-0.2, 0) is 20.7 Å². The molecule has 0 fully saturated rings. The summed E-state index contributed by atoms with van der Waals surface area (Å²) in [5, 5.41) is 11.1. The molecule has 0 spiro atoms. The highest BCUT2D eigenvalue weighted by Gasteiger charge is 2.17. The number of aromatic nitrogens is 3. The van der Waals surface area contributed by atoms with Crippen LogP contribution in [0.1, 0.15) is 34.8 Å². The number of nitrogens with zero attached hydrogens (tertiary/aromatic N) is 3. The molecule has 0 aliphatic rings. The van der Waals surface area contributed by atoms with E-state index in [2.05, 4.69) is 15.6 Å². The summed E-state index contributed by atoms with van der Waals surface area (Å²) in [6.07, 6.45) is 0.615. The van der Waals surface area contributed by atoms with Gasteiger partial charge in [-0.1, -0.05) is 23.4 Å². The normalized spacial score (nSPS) is 10.8. The lowest BCUT2D eigenvalue weighted by Gasteiger charge is -2.08. The van der Waals surface area contributed by atoms with E-state index in [0.717, 1.165) is 22.6 Å². The van der Waals surface area contributed by atoms with Crippen molar-refractivity contribution in [1.82, 2.24) is 14.9 Å². The smallest absolute Gasteiger partial charge is 0.306 e. The van der Waals surface area contributed by atoms with Gasteiger partial charge in [-0.2, -0.15) is 5.10 Å². The Morgan fingerprint density at radius 1 is 1.10 bits per heavy atom. The number of ether oxygens (including phenoxy) is 1. The summed E-state index contributed by atoms with van der Waals surface area (Å²) in [5.41, 5.74) is 4.65. The number of nitrogens with one attached hydrogen (secondary N) is 1. The fourth-order valence-corrected chi connectivity index (χ4v) is 3.12. The molecule has 0 bridgehead atoms. The van der Waals surface area contributed by atoms with Crippen LogP contribution in [0.4, 0.5) is 5.69 Å². The van der Waals surface area contributed by atoms with Crippen molar-refractivity contribution in [3.63, 3.8) is 0 Å². The second-order valence-corrected chi connectivity index (χ2v) is 6.80. The second-order valence-electron chi connectivity index (χ2n) is 6.80. The molecule has 0 aliphatic heterocycles. The minimum Gasteiger partial charge on any atom is -0.456 e. The summed E-state index contributed by atoms with van der Waals surface area (Å²) in [6.45, 7) is 6.96. The number of para-hydroxylation sites is 1. The average Bonchev–Trinajstić information content (AvgIpc) is 3.18. The number of carbonyl (C=O) groups is 2. The highest BCUT2D eigenvalue weighted by molar-refractivity contribution is 5.93. The van der Waals surface area contributed by atoms with Crippen LogP contribution in [0.25, 0.3) is 5.69 Å². The van der Waals surface area contributed by atoms with E-state index in [0.29, 0.717) is 23.6 Å². The van der Waals surface area contributed by atoms with Crippen LogP contribution >= 0.6 is 0 Å². The van der Waals surface area contributed by atoms with E-state index in [1.807, 2.05) is 51.1 Å². The van der Waals surface area contributed by atoms with E-state index in [-0.39, 0.29) is 13.0 Å². The Labute approximate surface area is 168 Å². The number of hydrogen-bond acceptors (Lipinski definition) is 6. The van der Waals surface area contributed by atoms with Gasteiger partial charge in [-0.3, -0.25) is 9.59 Å². The monoisotopic (exact) mass is 396 g/mol. The van der Waals surface area contributed by atoms with Gasteiger partial charge in [-0.25, -0.2) is 4.68 Å². The van der Waals surface area contributed by atoms with Crippen LogP contribution in [0, 0.1) is 27.7 Å². The van der Waals surface area contributed by atoms with Crippen molar-refractivity contribution in [2.45, 2.75) is 40.5 Å². The third-order valence-corrected chi connectivity index (χ3v) is 4.68. The van der Waals surface area contributed by atoms with Crippen molar-refractivity contribution in [1.29, 1.82) is 0 Å². The van der Waals surface area contributed by atoms with Crippen LogP contribution in [-0.4, -0.2) is 33.4 Å². The van der Waals surface area contributed by atoms with Gasteiger partial charge >= 0.3 is 5.97 Å². The van der Waals surface area contributed by atoms with Gasteiger partial charge in [0.15, 0.2) is 6.61 Å². The number of rotatable bonds is 7. The van der Waals surface area contributed by atoms with E-state index < -0.39 is 11.9 Å². The molecule has 8 nitrogen and oxygen atoms in total. The largest absolute Gasteiger partial charge is 0.456 e. The molecule has 0 atom stereocenters. The Morgan fingerprint density at radius 2 is 1.83 bits per heavy atom. The van der Waals surface area contributed by atoms with Crippen LogP contribution in [0.15, 0.2) is 34.9 Å². The number of benzene rings is 1. The molecule has 1 amide bonds. The van der Waals surface area contributed by atoms with E-state index in [1.165, 1.54) is 0 Å². The zero-order chi connectivity index (χ0) is 21.0. The highest BCUT2D eigenvalue weighted by Crippen LogP contribution is 2.22. The second kappa shape index (κ2) is 8.72. The Balaban J connectivity index is 1.54. The molecule has 8 heteroatoms. The first-order valence-electron chi connectivity index (χ1n) is 9.35. The standard InChI is InChI=1S/C21H24N4O4/c1-13-18(16(4)29-24-13)10-11-20(27)28-12-19(26)22-21-14(2)23-25(15(21)3)17-8-6-5-7-9-17/h5-9H,10-12H2,1-4H3,(H,22,26). The van der Waals surface area contributed by atoms with Gasteiger partial charge in [0, 0.05) is 12.0 Å². The minimum atomic E-state index is -0.450. The van der Waals surface area contributed by atoms with Gasteiger partial charge in [-0.05, 0) is 46.2 Å². The predicted octanol–water partition coefficient (Wildman–Crippen LogP) is 3.21. The molecule has 3 rings (SSSR count). The molecule has 0 radical (unpaired) electrons. The van der Waals surface area contributed by atoms with Crippen molar-refractivity contribution in [2.75, 3.05) is 11.9 Å². The number of hydrogen-bond donors (Lipinski definition) is 1. The zero-order valence-corrected chi connectivity index (χ0v) is 17.0. The minimum absolute atomic E-state index is 0.153. The summed E-state index contributed by atoms with van der Waals surface area (Å²) in [4.78, 5) is 24.2. The van der Waals surface area contributed by atoms with E-state index in [4.69, 9.17) is 9.26 Å². The average molecular weight is 396 g/mol. The van der Waals surface area contributed by atoms with Gasteiger partial charge in [0.05, 0.1) is 28.5 Å². The van der Waals surface area contributed by atoms with Gasteiger partial charge in [-0.15, -0.1) is 0 Å². The third kappa shape index (κ3) is 4.71. The summed E-state index contributed by atoms with van der Waals surface area (Å²) < 4.78 is 11.9. The molecule has 0 saturated heterocycles. The van der Waals surface area contributed by atoms with Crippen molar-refractivity contribution in [2.24, 2.45) is 0 Å². The first-order chi connectivity index (χ1) is 13.9. The maximum absolute atomic E-state index is 12.3. The summed E-state index contributed by atoms with van der Waals surface area (Å²) in [5.74, 6) is -0.169. The van der Waals surface area contributed by atoms with Crippen molar-refractivity contribution in [3.05, 3.63) is 58.7 Å². The first-order valence-corrected chi connectivity index (χ1v) is 9.35. The summed E-state index contributed by atoms with van der Waals surface area (Å²) >= 11 is 0. The molecule has 152 valence electrons. The zero-order valence-electron chi connectivity index (χ0n) is 17.0. The Kier molecular flexibility index (Phi) is 6.11. The molecular formula is C21H24N4O4. The Hall–Kier alpha value is -3.42. The number of carbonyl (C=O) groups excluding carboxylic acids is 2. The van der Waals surface area contributed by atoms with Crippen LogP contribution in [0.2, 0.25) is 0 Å². The molecule has 3 aromatic rings. The number of amides is 1. The Bertz CT molecular complexity index is 1000. The lowest BCUT2D eigenvalue weighted by Crippen LogP contribution is -2.21. The van der Waals surface area contributed by atoms with Crippen LogP contribution in [0.5, 0.6) is 0 Å². The first kappa shape index (κ1) is 20.3. The van der Waals surface area contributed by atoms with Gasteiger partial charge in [0.25, 0.3) is 5.91 Å². The number of aryl methyl sites for hydroxylation is 3. The third-order valence-electron chi connectivity index (χ3n) is 4.68. The predicted molar refractivity (Wildman–Crippen MR) is 107 cm³/mol. The maximum atomic E-state index is 12.3. The van der Waals surface area contributed by atoms with Gasteiger partial charge < -0.3 is 14.6 Å². The molecular weight excluding hydrogens is 372 g/mol.